The van der Waals surface area contributed by atoms with Gasteiger partial charge >= 0.3 is 0 Å². The van der Waals surface area contributed by atoms with Gasteiger partial charge in [-0.3, -0.25) is 10.1 Å². The lowest BCUT2D eigenvalue weighted by molar-refractivity contribution is -0.481. The second-order valence-corrected chi connectivity index (χ2v) is 8.52. The number of benzene rings is 3. The van der Waals surface area contributed by atoms with Crippen molar-refractivity contribution in [2.75, 3.05) is 13.7 Å². The van der Waals surface area contributed by atoms with Gasteiger partial charge in [0.05, 0.1) is 17.5 Å². The van der Waals surface area contributed by atoms with E-state index in [0.717, 1.165) is 27.6 Å². The number of fused-ring (bicyclic) bond motifs is 1. The summed E-state index contributed by atoms with van der Waals surface area (Å²) >= 11 is 3.59. The van der Waals surface area contributed by atoms with E-state index in [-0.39, 0.29) is 11.5 Å². The third-order valence-corrected chi connectivity index (χ3v) is 6.08. The number of nitrogens with one attached hydrogen (secondary N) is 1. The highest BCUT2D eigenvalue weighted by molar-refractivity contribution is 9.10. The maximum Gasteiger partial charge on any atom is 0.214 e. The summed E-state index contributed by atoms with van der Waals surface area (Å²) in [7, 11) is 1.57. The fraction of sp³-hybridized carbons (Fsp3) is 0.200. The van der Waals surface area contributed by atoms with Crippen LogP contribution < -0.4 is 9.47 Å². The zero-order valence-electron chi connectivity index (χ0n) is 17.8. The van der Waals surface area contributed by atoms with Gasteiger partial charge in [0.1, 0.15) is 6.61 Å². The summed E-state index contributed by atoms with van der Waals surface area (Å²) < 4.78 is 12.3. The zero-order chi connectivity index (χ0) is 22.7. The van der Waals surface area contributed by atoms with Gasteiger partial charge in [0.2, 0.25) is 6.54 Å². The predicted molar refractivity (Wildman–Crippen MR) is 128 cm³/mol. The molecule has 0 unspecified atom stereocenters. The standard InChI is InChI=1S/C25H23BrN2O4/c1-16-7-9-17(10-8-16)15-32-25-22(26)11-18(12-24(25)31-2)21(14-28(29)30)20-13-27-23-6-4-3-5-19(20)23/h3-13,21,27H,14-15H2,1-2H3/t21-/m0/s1. The van der Waals surface area contributed by atoms with E-state index in [1.165, 1.54) is 5.56 Å². The number of para-hydroxylation sites is 1. The number of nitro groups is 1. The molecule has 6 nitrogen and oxygen atoms in total. The van der Waals surface area contributed by atoms with Crippen molar-refractivity contribution >= 4 is 26.8 Å². The van der Waals surface area contributed by atoms with Gasteiger partial charge in [-0.2, -0.15) is 0 Å². The lowest BCUT2D eigenvalue weighted by Crippen LogP contribution is -2.14. The second-order valence-electron chi connectivity index (χ2n) is 7.67. The number of halogens is 1. The van der Waals surface area contributed by atoms with E-state index in [1.54, 1.807) is 7.11 Å². The predicted octanol–water partition coefficient (Wildman–Crippen LogP) is 6.24. The summed E-state index contributed by atoms with van der Waals surface area (Å²) in [6.45, 7) is 2.19. The van der Waals surface area contributed by atoms with Crippen LogP contribution in [0.5, 0.6) is 11.5 Å². The fourth-order valence-corrected chi connectivity index (χ4v) is 4.41. The van der Waals surface area contributed by atoms with Crippen molar-refractivity contribution in [3.63, 3.8) is 0 Å². The molecule has 0 aliphatic rings. The summed E-state index contributed by atoms with van der Waals surface area (Å²) in [6.07, 6.45) is 1.85. The Morgan fingerprint density at radius 1 is 1.12 bits per heavy atom. The molecule has 164 valence electrons. The van der Waals surface area contributed by atoms with Crippen LogP contribution in [0.4, 0.5) is 0 Å². The molecule has 0 bridgehead atoms. The average Bonchev–Trinajstić information content (AvgIpc) is 3.21. The number of hydrogen-bond acceptors (Lipinski definition) is 4. The number of methoxy groups -OCH3 is 1. The molecule has 0 radical (unpaired) electrons. The van der Waals surface area contributed by atoms with E-state index in [0.29, 0.717) is 22.6 Å². The Morgan fingerprint density at radius 3 is 2.59 bits per heavy atom. The first kappa shape index (κ1) is 21.9. The molecule has 3 aromatic carbocycles. The van der Waals surface area contributed by atoms with E-state index >= 15 is 0 Å². The molecule has 0 saturated carbocycles. The first-order chi connectivity index (χ1) is 15.5. The van der Waals surface area contributed by atoms with Gasteiger partial charge in [0.25, 0.3) is 0 Å². The number of H-pyrrole nitrogens is 1. The van der Waals surface area contributed by atoms with Crippen LogP contribution in [0.1, 0.15) is 28.2 Å². The molecule has 0 spiro atoms. The topological polar surface area (TPSA) is 77.4 Å². The van der Waals surface area contributed by atoms with Crippen molar-refractivity contribution in [1.82, 2.24) is 4.98 Å². The van der Waals surface area contributed by atoms with E-state index in [2.05, 4.69) is 20.9 Å². The number of hydrogen-bond donors (Lipinski definition) is 1. The van der Waals surface area contributed by atoms with Crippen molar-refractivity contribution < 1.29 is 14.4 Å². The summed E-state index contributed by atoms with van der Waals surface area (Å²) in [4.78, 5) is 14.5. The van der Waals surface area contributed by atoms with Gasteiger partial charge in [-0.25, -0.2) is 0 Å². The molecule has 32 heavy (non-hydrogen) atoms. The molecule has 0 aliphatic carbocycles. The van der Waals surface area contributed by atoms with Gasteiger partial charge in [0, 0.05) is 22.0 Å². The van der Waals surface area contributed by atoms with Gasteiger partial charge < -0.3 is 14.5 Å². The van der Waals surface area contributed by atoms with Crippen LogP contribution in [0.3, 0.4) is 0 Å². The normalized spacial score (nSPS) is 12.0. The summed E-state index contributed by atoms with van der Waals surface area (Å²) in [5, 5.41) is 12.5. The lowest BCUT2D eigenvalue weighted by Gasteiger charge is -2.18. The largest absolute Gasteiger partial charge is 0.493 e. The quantitative estimate of drug-likeness (QED) is 0.232. The Bertz CT molecular complexity index is 1250. The van der Waals surface area contributed by atoms with Crippen molar-refractivity contribution in [2.24, 2.45) is 0 Å². The Labute approximate surface area is 194 Å². The minimum Gasteiger partial charge on any atom is -0.493 e. The molecule has 0 amide bonds. The van der Waals surface area contributed by atoms with Gasteiger partial charge in [0.15, 0.2) is 11.5 Å². The van der Waals surface area contributed by atoms with Crippen LogP contribution in [0.15, 0.2) is 71.3 Å². The maximum atomic E-state index is 11.5. The smallest absolute Gasteiger partial charge is 0.214 e. The second kappa shape index (κ2) is 9.44. The molecule has 1 heterocycles. The molecule has 4 aromatic rings. The van der Waals surface area contributed by atoms with E-state index < -0.39 is 5.92 Å². The number of aryl methyl sites for hydroxylation is 1. The molecule has 7 heteroatoms. The molecular formula is C25H23BrN2O4. The number of aromatic nitrogens is 1. The molecule has 1 N–H and O–H groups in total. The first-order valence-corrected chi connectivity index (χ1v) is 11.0. The zero-order valence-corrected chi connectivity index (χ0v) is 19.4. The SMILES string of the molecule is COc1cc([C@H](C[N+](=O)[O-])c2c[nH]c3ccccc23)cc(Br)c1OCc1ccc(C)cc1. The lowest BCUT2D eigenvalue weighted by atomic mass is 9.90. The third-order valence-electron chi connectivity index (χ3n) is 5.49. The minimum absolute atomic E-state index is 0.235. The third kappa shape index (κ3) is 4.62. The van der Waals surface area contributed by atoms with Crippen LogP contribution in [-0.4, -0.2) is 23.6 Å². The molecule has 0 fully saturated rings. The van der Waals surface area contributed by atoms with Crippen molar-refractivity contribution in [3.8, 4) is 11.5 Å². The van der Waals surface area contributed by atoms with Gasteiger partial charge in [-0.1, -0.05) is 48.0 Å². The summed E-state index contributed by atoms with van der Waals surface area (Å²) in [5.41, 5.74) is 4.82. The highest BCUT2D eigenvalue weighted by Crippen LogP contribution is 2.41. The Hall–Kier alpha value is -3.32. The monoisotopic (exact) mass is 494 g/mol. The molecule has 1 atom stereocenters. The molecule has 0 aliphatic heterocycles. The Kier molecular flexibility index (Phi) is 6.46. The number of rotatable bonds is 8. The number of aromatic amines is 1. The highest BCUT2D eigenvalue weighted by atomic mass is 79.9. The molecule has 1 aromatic heterocycles. The maximum absolute atomic E-state index is 11.5. The average molecular weight is 495 g/mol. The van der Waals surface area contributed by atoms with Crippen LogP contribution in [-0.2, 0) is 6.61 Å². The molecule has 0 saturated heterocycles. The molecule has 4 rings (SSSR count). The van der Waals surface area contributed by atoms with Crippen molar-refractivity contribution in [2.45, 2.75) is 19.4 Å². The van der Waals surface area contributed by atoms with E-state index in [1.807, 2.05) is 73.8 Å². The fourth-order valence-electron chi connectivity index (χ4n) is 3.84. The molecular weight excluding hydrogens is 472 g/mol. The van der Waals surface area contributed by atoms with Crippen LogP contribution in [0.2, 0.25) is 0 Å². The number of nitrogens with zero attached hydrogens (tertiary/aromatic N) is 1. The Balaban J connectivity index is 1.70. The first-order valence-electron chi connectivity index (χ1n) is 10.2. The van der Waals surface area contributed by atoms with Crippen LogP contribution in [0.25, 0.3) is 10.9 Å². The Morgan fingerprint density at radius 2 is 1.88 bits per heavy atom. The van der Waals surface area contributed by atoms with Crippen molar-refractivity contribution in [3.05, 3.63) is 104 Å². The minimum atomic E-state index is -0.447. The van der Waals surface area contributed by atoms with Crippen LogP contribution >= 0.6 is 15.9 Å². The summed E-state index contributed by atoms with van der Waals surface area (Å²) in [5.74, 6) is 0.641. The summed E-state index contributed by atoms with van der Waals surface area (Å²) in [6, 6.07) is 19.6. The van der Waals surface area contributed by atoms with Gasteiger partial charge in [-0.05, 0) is 57.7 Å². The van der Waals surface area contributed by atoms with E-state index in [9.17, 15) is 10.1 Å². The van der Waals surface area contributed by atoms with Crippen LogP contribution in [0, 0.1) is 17.0 Å². The van der Waals surface area contributed by atoms with Gasteiger partial charge in [-0.15, -0.1) is 0 Å². The van der Waals surface area contributed by atoms with E-state index in [4.69, 9.17) is 9.47 Å². The highest BCUT2D eigenvalue weighted by Gasteiger charge is 2.26. The number of ether oxygens (including phenoxy) is 2. The van der Waals surface area contributed by atoms with Crippen molar-refractivity contribution in [1.29, 1.82) is 0 Å².